The number of rotatable bonds is 3. The largest absolute Gasteiger partial charge is 0.332 e. The molecule has 5 atom stereocenters. The Hall–Kier alpha value is -1.78. The number of carbonyl (C=O) groups excluding carboxylic acids is 2. The molecule has 1 aromatic rings. The van der Waals surface area contributed by atoms with Crippen molar-refractivity contribution in [1.29, 1.82) is 0 Å². The molecule has 28 heavy (non-hydrogen) atoms. The number of hydrogen-bond donors (Lipinski definition) is 1. The van der Waals surface area contributed by atoms with E-state index in [0.717, 1.165) is 17.3 Å². The van der Waals surface area contributed by atoms with Gasteiger partial charge in [0.25, 0.3) is 5.92 Å². The summed E-state index contributed by atoms with van der Waals surface area (Å²) in [6, 6.07) is 0. The number of likely N-dealkylation sites (tertiary alicyclic amines) is 1. The molecule has 5 unspecified atom stereocenters. The van der Waals surface area contributed by atoms with E-state index in [1.165, 1.54) is 0 Å². The van der Waals surface area contributed by atoms with Gasteiger partial charge in [-0.1, -0.05) is 15.9 Å². The zero-order valence-electron chi connectivity index (χ0n) is 14.5. The Morgan fingerprint density at radius 1 is 1.32 bits per heavy atom. The molecule has 1 aromatic heterocycles. The molecule has 6 nitrogen and oxygen atoms in total. The Kier molecular flexibility index (Phi) is 4.63. The van der Waals surface area contributed by atoms with Crippen LogP contribution < -0.4 is 5.32 Å². The summed E-state index contributed by atoms with van der Waals surface area (Å²) in [5.41, 5.74) is -1.63. The minimum absolute atomic E-state index is 0.163. The zero-order chi connectivity index (χ0) is 20.3. The molecule has 4 rings (SSSR count). The Morgan fingerprint density at radius 3 is 2.57 bits per heavy atom. The fourth-order valence-electron chi connectivity index (χ4n) is 4.58. The van der Waals surface area contributed by atoms with Gasteiger partial charge in [-0.3, -0.25) is 14.9 Å². The first-order valence-electron chi connectivity index (χ1n) is 8.87. The molecule has 2 heterocycles. The standard InChI is InChI=1S/C17H17BrF4N4O2/c18-10-2-1-9-12(13(10)20)16(6-17(16,21)22)7-26(14(9)28)5-11(27)25-15-23-3-8(19)4-24-15/h3-4,9-10,12-13H,1-2,5-7H2,(H,23,24,25,27). The van der Waals surface area contributed by atoms with Gasteiger partial charge in [0.2, 0.25) is 17.8 Å². The summed E-state index contributed by atoms with van der Waals surface area (Å²) in [5, 5.41) is 2.30. The third kappa shape index (κ3) is 3.07. The first-order valence-corrected chi connectivity index (χ1v) is 9.78. The van der Waals surface area contributed by atoms with Gasteiger partial charge in [0, 0.05) is 29.6 Å². The lowest BCUT2D eigenvalue weighted by Gasteiger charge is -2.48. The van der Waals surface area contributed by atoms with Crippen molar-refractivity contribution in [3.05, 3.63) is 18.2 Å². The van der Waals surface area contributed by atoms with Crippen molar-refractivity contribution >= 4 is 33.7 Å². The summed E-state index contributed by atoms with van der Waals surface area (Å²) in [6.45, 7) is -0.854. The molecule has 2 saturated carbocycles. The summed E-state index contributed by atoms with van der Waals surface area (Å²) >= 11 is 3.20. The van der Waals surface area contributed by atoms with Crippen LogP contribution in [0.2, 0.25) is 0 Å². The van der Waals surface area contributed by atoms with Crippen molar-refractivity contribution in [2.45, 2.75) is 36.2 Å². The molecule has 2 aliphatic carbocycles. The molecule has 0 radical (unpaired) electrons. The van der Waals surface area contributed by atoms with Gasteiger partial charge in [-0.05, 0) is 12.8 Å². The normalized spacial score (nSPS) is 36.2. The predicted molar refractivity (Wildman–Crippen MR) is 93.0 cm³/mol. The van der Waals surface area contributed by atoms with Gasteiger partial charge in [-0.2, -0.15) is 0 Å². The Balaban J connectivity index is 1.52. The number of nitrogens with one attached hydrogen (secondary N) is 1. The van der Waals surface area contributed by atoms with Crippen molar-refractivity contribution < 1.29 is 27.2 Å². The van der Waals surface area contributed by atoms with Gasteiger partial charge in [0.15, 0.2) is 5.82 Å². The van der Waals surface area contributed by atoms with Crippen LogP contribution in [0.5, 0.6) is 0 Å². The summed E-state index contributed by atoms with van der Waals surface area (Å²) in [6.07, 6.45) is 0.335. The third-order valence-electron chi connectivity index (χ3n) is 5.96. The molecule has 11 heteroatoms. The molecule has 3 aliphatic rings. The number of anilines is 1. The monoisotopic (exact) mass is 464 g/mol. The molecule has 3 fully saturated rings. The number of hydrogen-bond acceptors (Lipinski definition) is 4. The van der Waals surface area contributed by atoms with Crippen molar-refractivity contribution in [3.63, 3.8) is 0 Å². The number of halogens is 5. The van der Waals surface area contributed by atoms with E-state index in [1.54, 1.807) is 0 Å². The van der Waals surface area contributed by atoms with Crippen LogP contribution in [0.1, 0.15) is 19.3 Å². The van der Waals surface area contributed by atoms with Crippen molar-refractivity contribution in [3.8, 4) is 0 Å². The highest BCUT2D eigenvalue weighted by molar-refractivity contribution is 9.09. The minimum atomic E-state index is -3.07. The Bertz CT molecular complexity index is 811. The molecule has 0 bridgehead atoms. The number of aromatic nitrogens is 2. The molecule has 152 valence electrons. The number of nitrogens with zero attached hydrogens (tertiary/aromatic N) is 3. The van der Waals surface area contributed by atoms with Crippen LogP contribution in [0.15, 0.2) is 12.4 Å². The van der Waals surface area contributed by atoms with Gasteiger partial charge in [-0.25, -0.2) is 27.5 Å². The predicted octanol–water partition coefficient (Wildman–Crippen LogP) is 2.55. The second-order valence-electron chi connectivity index (χ2n) is 7.67. The lowest BCUT2D eigenvalue weighted by molar-refractivity contribution is -0.157. The van der Waals surface area contributed by atoms with Gasteiger partial charge in [-0.15, -0.1) is 0 Å². The van der Waals surface area contributed by atoms with Crippen LogP contribution in [0.25, 0.3) is 0 Å². The number of amides is 2. The lowest BCUT2D eigenvalue weighted by atomic mass is 9.66. The van der Waals surface area contributed by atoms with Crippen LogP contribution in [-0.4, -0.2) is 56.7 Å². The molecule has 1 spiro atoms. The van der Waals surface area contributed by atoms with Crippen LogP contribution in [0.4, 0.5) is 23.5 Å². The Morgan fingerprint density at radius 2 is 1.96 bits per heavy atom. The van der Waals surface area contributed by atoms with Gasteiger partial charge < -0.3 is 4.90 Å². The highest BCUT2D eigenvalue weighted by Gasteiger charge is 2.79. The average molecular weight is 465 g/mol. The number of piperidine rings is 1. The van der Waals surface area contributed by atoms with E-state index in [2.05, 4.69) is 31.2 Å². The zero-order valence-corrected chi connectivity index (χ0v) is 16.1. The average Bonchev–Trinajstić information content (AvgIpc) is 3.17. The summed E-state index contributed by atoms with van der Waals surface area (Å²) < 4.78 is 56.2. The number of fused-ring (bicyclic) bond motifs is 2. The second-order valence-corrected chi connectivity index (χ2v) is 8.85. The van der Waals surface area contributed by atoms with Crippen LogP contribution in [0.3, 0.4) is 0 Å². The van der Waals surface area contributed by atoms with Crippen molar-refractivity contribution in [2.75, 3.05) is 18.4 Å². The first-order chi connectivity index (χ1) is 13.1. The van der Waals surface area contributed by atoms with E-state index >= 15 is 0 Å². The maximum atomic E-state index is 14.8. The highest BCUT2D eigenvalue weighted by Crippen LogP contribution is 2.70. The summed E-state index contributed by atoms with van der Waals surface area (Å²) in [4.78, 5) is 32.7. The van der Waals surface area contributed by atoms with Gasteiger partial charge >= 0.3 is 0 Å². The van der Waals surface area contributed by atoms with E-state index in [1.807, 2.05) is 0 Å². The fraction of sp³-hybridized carbons (Fsp3) is 0.647. The lowest BCUT2D eigenvalue weighted by Crippen LogP contribution is -2.60. The molecular formula is C17H17BrF4N4O2. The quantitative estimate of drug-likeness (QED) is 0.550. The van der Waals surface area contributed by atoms with E-state index in [-0.39, 0.29) is 18.9 Å². The molecule has 1 aliphatic heterocycles. The van der Waals surface area contributed by atoms with Crippen molar-refractivity contribution in [1.82, 2.24) is 14.9 Å². The van der Waals surface area contributed by atoms with Crippen LogP contribution in [-0.2, 0) is 9.59 Å². The highest BCUT2D eigenvalue weighted by atomic mass is 79.9. The molecule has 1 N–H and O–H groups in total. The first kappa shape index (κ1) is 19.5. The van der Waals surface area contributed by atoms with Crippen LogP contribution >= 0.6 is 15.9 Å². The van der Waals surface area contributed by atoms with Gasteiger partial charge in [0.05, 0.1) is 24.4 Å². The molecule has 1 saturated heterocycles. The molecular weight excluding hydrogens is 448 g/mol. The minimum Gasteiger partial charge on any atom is -0.332 e. The summed E-state index contributed by atoms with van der Waals surface area (Å²) in [5.74, 6) is -7.03. The van der Waals surface area contributed by atoms with E-state index in [0.29, 0.717) is 6.42 Å². The SMILES string of the molecule is O=C(CN1CC2(CC2(F)F)C2C(CCC(Br)C2F)C1=O)Nc1ncc(F)cn1. The number of carbonyl (C=O) groups is 2. The van der Waals surface area contributed by atoms with Gasteiger partial charge in [0.1, 0.15) is 6.17 Å². The fourth-order valence-corrected chi connectivity index (χ4v) is 5.18. The smallest absolute Gasteiger partial charge is 0.256 e. The maximum absolute atomic E-state index is 14.8. The number of alkyl halides is 4. The third-order valence-corrected chi connectivity index (χ3v) is 6.93. The molecule has 0 aromatic carbocycles. The van der Waals surface area contributed by atoms with Crippen molar-refractivity contribution in [2.24, 2.45) is 17.3 Å². The topological polar surface area (TPSA) is 75.2 Å². The second kappa shape index (κ2) is 6.64. The van der Waals surface area contributed by atoms with Crippen LogP contribution in [0, 0.1) is 23.1 Å². The van der Waals surface area contributed by atoms with E-state index in [4.69, 9.17) is 0 Å². The maximum Gasteiger partial charge on any atom is 0.256 e. The Labute approximate surface area is 166 Å². The van der Waals surface area contributed by atoms with E-state index in [9.17, 15) is 27.2 Å². The summed E-state index contributed by atoms with van der Waals surface area (Å²) in [7, 11) is 0. The molecule has 2 amide bonds. The van der Waals surface area contributed by atoms with E-state index < -0.39 is 64.8 Å².